The Morgan fingerprint density at radius 2 is 2.00 bits per heavy atom. The van der Waals surface area contributed by atoms with Crippen molar-refractivity contribution >= 4 is 11.9 Å². The highest BCUT2D eigenvalue weighted by atomic mass is 16.5. The van der Waals surface area contributed by atoms with Crippen LogP contribution in [0.5, 0.6) is 0 Å². The van der Waals surface area contributed by atoms with E-state index in [4.69, 9.17) is 4.74 Å². The lowest BCUT2D eigenvalue weighted by Gasteiger charge is -2.01. The Hall–Kier alpha value is -2.04. The second-order valence-corrected chi connectivity index (χ2v) is 3.50. The van der Waals surface area contributed by atoms with Crippen LogP contribution in [0.1, 0.15) is 32.1 Å². The molecule has 92 valence electrons. The summed E-state index contributed by atoms with van der Waals surface area (Å²) in [5.74, 6) is -0.986. The molecule has 1 N–H and O–H groups in total. The molecule has 0 aliphatic rings. The topological polar surface area (TPSA) is 68.4 Å². The van der Waals surface area contributed by atoms with E-state index in [2.05, 4.69) is 16.3 Å². The predicted octanol–water partition coefficient (Wildman–Crippen LogP) is 1.76. The summed E-state index contributed by atoms with van der Waals surface area (Å²) in [5.41, 5.74) is 1.76. The first-order valence-electron chi connectivity index (χ1n) is 5.08. The summed E-state index contributed by atoms with van der Waals surface area (Å²) in [6.07, 6.45) is 1.48. The minimum atomic E-state index is -0.513. The van der Waals surface area contributed by atoms with Crippen molar-refractivity contribution in [3.05, 3.63) is 35.2 Å². The third kappa shape index (κ3) is 2.55. The summed E-state index contributed by atoms with van der Waals surface area (Å²) in [4.78, 5) is 26.0. The van der Waals surface area contributed by atoms with Crippen LogP contribution in [-0.4, -0.2) is 30.6 Å². The van der Waals surface area contributed by atoms with Gasteiger partial charge in [0.05, 0.1) is 12.7 Å². The molecule has 0 saturated carbocycles. The number of carbonyl (C=O) groups excluding carboxylic acids is 2. The van der Waals surface area contributed by atoms with Crippen molar-refractivity contribution in [3.8, 4) is 0 Å². The average molecular weight is 237 g/mol. The fourth-order valence-corrected chi connectivity index (χ4v) is 1.57. The highest BCUT2D eigenvalue weighted by Crippen LogP contribution is 2.19. The van der Waals surface area contributed by atoms with E-state index in [-0.39, 0.29) is 12.3 Å². The summed E-state index contributed by atoms with van der Waals surface area (Å²) in [7, 11) is 1.30. The molecule has 0 aromatic carbocycles. The molecular weight excluding hydrogens is 222 g/mol. The summed E-state index contributed by atoms with van der Waals surface area (Å²) < 4.78 is 9.54. The molecule has 0 bridgehead atoms. The lowest BCUT2D eigenvalue weighted by molar-refractivity contribution is 0.0542. The number of aromatic nitrogens is 1. The number of rotatable bonds is 4. The summed E-state index contributed by atoms with van der Waals surface area (Å²) >= 11 is 0. The van der Waals surface area contributed by atoms with Crippen molar-refractivity contribution in [2.24, 2.45) is 0 Å². The van der Waals surface area contributed by atoms with Gasteiger partial charge in [0.1, 0.15) is 12.3 Å². The molecule has 17 heavy (non-hydrogen) atoms. The van der Waals surface area contributed by atoms with Crippen LogP contribution in [0, 0.1) is 13.8 Å². The number of H-pyrrole nitrogens is 1. The minimum Gasteiger partial charge on any atom is -0.465 e. The van der Waals surface area contributed by atoms with Crippen molar-refractivity contribution in [2.75, 3.05) is 13.7 Å². The van der Waals surface area contributed by atoms with Crippen molar-refractivity contribution in [1.29, 1.82) is 0 Å². The van der Waals surface area contributed by atoms with Crippen LogP contribution in [0.4, 0.5) is 0 Å². The Balaban J connectivity index is 3.07. The van der Waals surface area contributed by atoms with Crippen molar-refractivity contribution in [2.45, 2.75) is 13.8 Å². The van der Waals surface area contributed by atoms with Crippen LogP contribution in [0.15, 0.2) is 12.7 Å². The van der Waals surface area contributed by atoms with E-state index in [1.807, 2.05) is 0 Å². The highest BCUT2D eigenvalue weighted by molar-refractivity contribution is 5.98. The molecule has 1 aromatic rings. The molecule has 0 fully saturated rings. The van der Waals surface area contributed by atoms with E-state index in [1.165, 1.54) is 13.2 Å². The lowest BCUT2D eigenvalue weighted by atomic mass is 10.1. The van der Waals surface area contributed by atoms with Gasteiger partial charge in [0.25, 0.3) is 0 Å². The number of ether oxygens (including phenoxy) is 2. The zero-order valence-electron chi connectivity index (χ0n) is 10.1. The first kappa shape index (κ1) is 13.0. The number of nitrogens with one attached hydrogen (secondary N) is 1. The molecule has 0 aliphatic carbocycles. The Morgan fingerprint density at radius 3 is 2.53 bits per heavy atom. The Kier molecular flexibility index (Phi) is 4.09. The molecule has 0 spiro atoms. The highest BCUT2D eigenvalue weighted by Gasteiger charge is 2.22. The van der Waals surface area contributed by atoms with Gasteiger partial charge in [0, 0.05) is 5.69 Å². The minimum absolute atomic E-state index is 0.129. The monoisotopic (exact) mass is 237 g/mol. The first-order chi connectivity index (χ1) is 8.02. The van der Waals surface area contributed by atoms with Crippen LogP contribution in [0.25, 0.3) is 0 Å². The van der Waals surface area contributed by atoms with Gasteiger partial charge in [0.2, 0.25) is 0 Å². The van der Waals surface area contributed by atoms with E-state index in [1.54, 1.807) is 13.8 Å². The smallest absolute Gasteiger partial charge is 0.355 e. The Morgan fingerprint density at radius 1 is 1.35 bits per heavy atom. The molecule has 0 aliphatic heterocycles. The second-order valence-electron chi connectivity index (χ2n) is 3.50. The third-order valence-corrected chi connectivity index (χ3v) is 2.36. The number of hydrogen-bond donors (Lipinski definition) is 1. The van der Waals surface area contributed by atoms with E-state index in [0.29, 0.717) is 16.8 Å². The zero-order chi connectivity index (χ0) is 13.0. The van der Waals surface area contributed by atoms with Gasteiger partial charge >= 0.3 is 11.9 Å². The van der Waals surface area contributed by atoms with E-state index < -0.39 is 11.9 Å². The zero-order valence-corrected chi connectivity index (χ0v) is 10.1. The number of hydrogen-bond acceptors (Lipinski definition) is 4. The van der Waals surface area contributed by atoms with Crippen molar-refractivity contribution in [1.82, 2.24) is 4.98 Å². The number of methoxy groups -OCH3 is 1. The average Bonchev–Trinajstić information content (AvgIpc) is 2.61. The molecule has 0 radical (unpaired) electrons. The van der Waals surface area contributed by atoms with Crippen LogP contribution in [0.2, 0.25) is 0 Å². The van der Waals surface area contributed by atoms with E-state index in [9.17, 15) is 9.59 Å². The maximum absolute atomic E-state index is 11.6. The van der Waals surface area contributed by atoms with Gasteiger partial charge in [-0.05, 0) is 19.4 Å². The van der Waals surface area contributed by atoms with E-state index in [0.717, 1.165) is 0 Å². The van der Waals surface area contributed by atoms with Gasteiger partial charge < -0.3 is 14.5 Å². The molecule has 5 heteroatoms. The van der Waals surface area contributed by atoms with Crippen LogP contribution < -0.4 is 0 Å². The second kappa shape index (κ2) is 5.34. The van der Waals surface area contributed by atoms with Crippen LogP contribution >= 0.6 is 0 Å². The SMILES string of the molecule is C=CCOC(=O)c1[nH]c(C)c(C(=O)OC)c1C. The van der Waals surface area contributed by atoms with Crippen molar-refractivity contribution in [3.63, 3.8) is 0 Å². The third-order valence-electron chi connectivity index (χ3n) is 2.36. The standard InChI is InChI=1S/C12H15NO4/c1-5-6-17-12(15)10-7(2)9(8(3)13-10)11(14)16-4/h5,13H,1,6H2,2-4H3. The normalized spacial score (nSPS) is 9.82. The molecule has 1 heterocycles. The van der Waals surface area contributed by atoms with Crippen LogP contribution in [-0.2, 0) is 9.47 Å². The summed E-state index contributed by atoms with van der Waals surface area (Å²) in [6, 6.07) is 0. The molecule has 0 atom stereocenters. The quantitative estimate of drug-likeness (QED) is 0.640. The lowest BCUT2D eigenvalue weighted by Crippen LogP contribution is -2.08. The number of carbonyl (C=O) groups is 2. The number of esters is 2. The van der Waals surface area contributed by atoms with Crippen molar-refractivity contribution < 1.29 is 19.1 Å². The van der Waals surface area contributed by atoms with Gasteiger partial charge in [0.15, 0.2) is 0 Å². The maximum Gasteiger partial charge on any atom is 0.355 e. The van der Waals surface area contributed by atoms with Gasteiger partial charge in [-0.1, -0.05) is 12.7 Å². The van der Waals surface area contributed by atoms with Gasteiger partial charge in [-0.25, -0.2) is 9.59 Å². The molecule has 5 nitrogen and oxygen atoms in total. The van der Waals surface area contributed by atoms with E-state index >= 15 is 0 Å². The number of aryl methyl sites for hydroxylation is 1. The Bertz CT molecular complexity index is 459. The number of aromatic amines is 1. The molecular formula is C12H15NO4. The van der Waals surface area contributed by atoms with Gasteiger partial charge in [-0.3, -0.25) is 0 Å². The largest absolute Gasteiger partial charge is 0.465 e. The maximum atomic E-state index is 11.6. The first-order valence-corrected chi connectivity index (χ1v) is 5.08. The molecule has 1 aromatic heterocycles. The molecule has 1 rings (SSSR count). The fraction of sp³-hybridized carbons (Fsp3) is 0.333. The summed E-state index contributed by atoms with van der Waals surface area (Å²) in [5, 5.41) is 0. The summed E-state index contributed by atoms with van der Waals surface area (Å²) in [6.45, 7) is 6.95. The fourth-order valence-electron chi connectivity index (χ4n) is 1.57. The van der Waals surface area contributed by atoms with Crippen LogP contribution in [0.3, 0.4) is 0 Å². The van der Waals surface area contributed by atoms with Gasteiger partial charge in [-0.15, -0.1) is 0 Å². The molecule has 0 unspecified atom stereocenters. The van der Waals surface area contributed by atoms with Gasteiger partial charge in [-0.2, -0.15) is 0 Å². The molecule has 0 saturated heterocycles. The predicted molar refractivity (Wildman–Crippen MR) is 62.1 cm³/mol. The molecule has 0 amide bonds. The Labute approximate surface area is 99.4 Å².